The molecule has 0 N–H and O–H groups in total. The van der Waals surface area contributed by atoms with E-state index >= 15 is 0 Å². The number of Topliss-reactive ketones (excluding diaryl/α,β-unsaturated/α-hetero) is 1. The Labute approximate surface area is 77.8 Å². The number of hydrogen-bond donors (Lipinski definition) is 0. The van der Waals surface area contributed by atoms with Gasteiger partial charge in [0.2, 0.25) is 0 Å². The van der Waals surface area contributed by atoms with Gasteiger partial charge in [-0.2, -0.15) is 0 Å². The summed E-state index contributed by atoms with van der Waals surface area (Å²) in [5.41, 5.74) is 0.216. The highest BCUT2D eigenvalue weighted by atomic mass is 16.5. The summed E-state index contributed by atoms with van der Waals surface area (Å²) in [6.07, 6.45) is 2.45. The van der Waals surface area contributed by atoms with Crippen molar-refractivity contribution in [3.63, 3.8) is 0 Å². The molecule has 0 saturated heterocycles. The summed E-state index contributed by atoms with van der Waals surface area (Å²) in [5, 5.41) is 0. The molecule has 1 aliphatic carbocycles. The van der Waals surface area contributed by atoms with Crippen molar-refractivity contribution >= 4 is 11.8 Å². The molecule has 1 rings (SSSR count). The van der Waals surface area contributed by atoms with Gasteiger partial charge in [-0.25, -0.2) is 4.79 Å². The van der Waals surface area contributed by atoms with Crippen LogP contribution >= 0.6 is 0 Å². The molecular formula is C10H14O3. The quantitative estimate of drug-likeness (QED) is 0.454. The van der Waals surface area contributed by atoms with Crippen molar-refractivity contribution in [3.05, 3.63) is 11.6 Å². The van der Waals surface area contributed by atoms with E-state index in [4.69, 9.17) is 0 Å². The van der Waals surface area contributed by atoms with Gasteiger partial charge < -0.3 is 4.74 Å². The third kappa shape index (κ3) is 1.79. The molecule has 0 unspecified atom stereocenters. The second-order valence-electron chi connectivity index (χ2n) is 3.48. The van der Waals surface area contributed by atoms with E-state index in [9.17, 15) is 9.59 Å². The molecule has 1 aliphatic rings. The second kappa shape index (κ2) is 3.73. The largest absolute Gasteiger partial charge is 0.465 e. The number of hydrogen-bond acceptors (Lipinski definition) is 3. The van der Waals surface area contributed by atoms with Crippen LogP contribution in [0.2, 0.25) is 0 Å². The van der Waals surface area contributed by atoms with Crippen molar-refractivity contribution in [1.29, 1.82) is 0 Å². The van der Waals surface area contributed by atoms with E-state index in [1.54, 1.807) is 6.08 Å². The van der Waals surface area contributed by atoms with Gasteiger partial charge in [-0.15, -0.1) is 0 Å². The lowest BCUT2D eigenvalue weighted by Crippen LogP contribution is -2.28. The highest BCUT2D eigenvalue weighted by molar-refractivity contribution is 6.18. The van der Waals surface area contributed by atoms with Crippen LogP contribution in [0.1, 0.15) is 20.3 Å². The summed E-state index contributed by atoms with van der Waals surface area (Å²) in [7, 11) is 1.29. The summed E-state index contributed by atoms with van der Waals surface area (Å²) in [6.45, 7) is 3.86. The number of allylic oxidation sites excluding steroid dienone is 1. The van der Waals surface area contributed by atoms with Crippen LogP contribution in [0, 0.1) is 11.8 Å². The van der Waals surface area contributed by atoms with Crippen molar-refractivity contribution in [2.75, 3.05) is 7.11 Å². The molecule has 0 aromatic rings. The zero-order valence-electron chi connectivity index (χ0n) is 8.16. The maximum Gasteiger partial charge on any atom is 0.341 e. The van der Waals surface area contributed by atoms with E-state index in [1.165, 1.54) is 7.11 Å². The van der Waals surface area contributed by atoms with Crippen molar-refractivity contribution in [1.82, 2.24) is 0 Å². The lowest BCUT2D eigenvalue weighted by molar-refractivity contribution is -0.138. The SMILES string of the molecule is COC(=O)C1=CC[C@@H](C)[C@H](C)C1=O. The van der Waals surface area contributed by atoms with Gasteiger partial charge in [-0.1, -0.05) is 19.9 Å². The van der Waals surface area contributed by atoms with E-state index in [-0.39, 0.29) is 17.3 Å². The summed E-state index contributed by atoms with van der Waals surface area (Å²) in [4.78, 5) is 22.7. The van der Waals surface area contributed by atoms with E-state index in [0.717, 1.165) is 6.42 Å². The molecule has 13 heavy (non-hydrogen) atoms. The highest BCUT2D eigenvalue weighted by Gasteiger charge is 2.31. The third-order valence-electron chi connectivity index (χ3n) is 2.63. The monoisotopic (exact) mass is 182 g/mol. The second-order valence-corrected chi connectivity index (χ2v) is 3.48. The normalized spacial score (nSPS) is 28.2. The first-order valence-electron chi connectivity index (χ1n) is 4.40. The first-order valence-corrected chi connectivity index (χ1v) is 4.40. The van der Waals surface area contributed by atoms with Gasteiger partial charge in [0, 0.05) is 5.92 Å². The molecule has 0 heterocycles. The van der Waals surface area contributed by atoms with Crippen LogP contribution in [0.15, 0.2) is 11.6 Å². The number of ketones is 1. The zero-order chi connectivity index (χ0) is 10.0. The van der Waals surface area contributed by atoms with Gasteiger partial charge >= 0.3 is 5.97 Å². The zero-order valence-corrected chi connectivity index (χ0v) is 8.16. The molecule has 72 valence electrons. The maximum atomic E-state index is 11.6. The number of esters is 1. The molecule has 0 fully saturated rings. The van der Waals surface area contributed by atoms with Crippen LogP contribution in [0.4, 0.5) is 0 Å². The van der Waals surface area contributed by atoms with Crippen LogP contribution in [-0.2, 0) is 14.3 Å². The topological polar surface area (TPSA) is 43.4 Å². The molecule has 0 saturated carbocycles. The molecule has 0 spiro atoms. The average Bonchev–Trinajstić information content (AvgIpc) is 2.13. The van der Waals surface area contributed by atoms with Crippen LogP contribution in [-0.4, -0.2) is 18.9 Å². The number of rotatable bonds is 1. The van der Waals surface area contributed by atoms with Gasteiger partial charge in [0.1, 0.15) is 0 Å². The summed E-state index contributed by atoms with van der Waals surface area (Å²) in [6, 6.07) is 0. The van der Waals surface area contributed by atoms with Gasteiger partial charge in [-0.05, 0) is 12.3 Å². The van der Waals surface area contributed by atoms with E-state index < -0.39 is 5.97 Å². The minimum Gasteiger partial charge on any atom is -0.465 e. The summed E-state index contributed by atoms with van der Waals surface area (Å²) < 4.78 is 4.52. The van der Waals surface area contributed by atoms with E-state index in [1.807, 2.05) is 13.8 Å². The Kier molecular flexibility index (Phi) is 2.86. The predicted octanol–water partition coefficient (Wildman–Crippen LogP) is 1.33. The molecule has 0 bridgehead atoms. The molecule has 2 atom stereocenters. The Bertz CT molecular complexity index is 265. The molecule has 3 heteroatoms. The number of carbonyl (C=O) groups is 2. The lowest BCUT2D eigenvalue weighted by atomic mass is 9.81. The Morgan fingerprint density at radius 2 is 2.15 bits per heavy atom. The minimum absolute atomic E-state index is 0.0703. The Balaban J connectivity index is 2.88. The molecule has 0 aromatic carbocycles. The predicted molar refractivity (Wildman–Crippen MR) is 48.1 cm³/mol. The van der Waals surface area contributed by atoms with Gasteiger partial charge in [0.15, 0.2) is 5.78 Å². The minimum atomic E-state index is -0.510. The van der Waals surface area contributed by atoms with E-state index in [0.29, 0.717) is 5.92 Å². The van der Waals surface area contributed by atoms with Crippen molar-refractivity contribution in [3.8, 4) is 0 Å². The summed E-state index contributed by atoms with van der Waals surface area (Å²) >= 11 is 0. The standard InChI is InChI=1S/C10H14O3/c1-6-4-5-8(10(12)13-3)9(11)7(6)2/h5-7H,4H2,1-3H3/t6-,7+/m1/s1. The van der Waals surface area contributed by atoms with Crippen LogP contribution in [0.3, 0.4) is 0 Å². The fraction of sp³-hybridized carbons (Fsp3) is 0.600. The van der Waals surface area contributed by atoms with Crippen LogP contribution < -0.4 is 0 Å². The van der Waals surface area contributed by atoms with Crippen LogP contribution in [0.25, 0.3) is 0 Å². The lowest BCUT2D eigenvalue weighted by Gasteiger charge is -2.22. The molecule has 3 nitrogen and oxygen atoms in total. The maximum absolute atomic E-state index is 11.6. The van der Waals surface area contributed by atoms with Gasteiger partial charge in [-0.3, -0.25) is 4.79 Å². The first-order chi connectivity index (χ1) is 6.07. The van der Waals surface area contributed by atoms with Crippen molar-refractivity contribution in [2.45, 2.75) is 20.3 Å². The van der Waals surface area contributed by atoms with Crippen LogP contribution in [0.5, 0.6) is 0 Å². The smallest absolute Gasteiger partial charge is 0.341 e. The number of ether oxygens (including phenoxy) is 1. The summed E-state index contributed by atoms with van der Waals surface area (Å²) in [5.74, 6) is -0.352. The Morgan fingerprint density at radius 1 is 1.54 bits per heavy atom. The Morgan fingerprint density at radius 3 is 2.69 bits per heavy atom. The molecule has 0 aromatic heterocycles. The third-order valence-corrected chi connectivity index (χ3v) is 2.63. The molecule has 0 amide bonds. The fourth-order valence-electron chi connectivity index (χ4n) is 1.41. The van der Waals surface area contributed by atoms with Gasteiger partial charge in [0.05, 0.1) is 12.7 Å². The van der Waals surface area contributed by atoms with Crippen molar-refractivity contribution < 1.29 is 14.3 Å². The molecule has 0 radical (unpaired) electrons. The Hall–Kier alpha value is -1.12. The fourth-order valence-corrected chi connectivity index (χ4v) is 1.41. The number of carbonyl (C=O) groups excluding carboxylic acids is 2. The average molecular weight is 182 g/mol. The number of methoxy groups -OCH3 is 1. The van der Waals surface area contributed by atoms with E-state index in [2.05, 4.69) is 4.74 Å². The molecular weight excluding hydrogens is 168 g/mol. The van der Waals surface area contributed by atoms with Gasteiger partial charge in [0.25, 0.3) is 0 Å². The molecule has 0 aliphatic heterocycles. The highest BCUT2D eigenvalue weighted by Crippen LogP contribution is 2.26. The first kappa shape index (κ1) is 9.96. The van der Waals surface area contributed by atoms with Crippen molar-refractivity contribution in [2.24, 2.45) is 11.8 Å².